The second-order valence-electron chi connectivity index (χ2n) is 13.5. The number of hydrogen-bond acceptors (Lipinski definition) is 10. The highest BCUT2D eigenvalue weighted by atomic mass is 28.5. The summed E-state index contributed by atoms with van der Waals surface area (Å²) in [5, 5.41) is 19.8. The first kappa shape index (κ1) is 35.9. The first-order chi connectivity index (χ1) is 21.2. The number of aliphatic hydroxyl groups excluding tert-OH is 2. The third kappa shape index (κ3) is 7.16. The maximum Gasteiger partial charge on any atom is 0.353 e. The number of rotatable bonds is 11. The molecular formula is C32H52N2O9Si2. The van der Waals surface area contributed by atoms with Crippen LogP contribution in [0.3, 0.4) is 0 Å². The van der Waals surface area contributed by atoms with E-state index in [0.29, 0.717) is 5.75 Å². The van der Waals surface area contributed by atoms with Crippen LogP contribution in [0.5, 0.6) is 11.6 Å². The minimum absolute atomic E-state index is 0.0673. The highest BCUT2D eigenvalue weighted by Gasteiger charge is 2.62. The van der Waals surface area contributed by atoms with Crippen molar-refractivity contribution < 1.29 is 37.4 Å². The van der Waals surface area contributed by atoms with E-state index in [1.807, 2.05) is 32.0 Å². The van der Waals surface area contributed by atoms with E-state index in [4.69, 9.17) is 27.2 Å². The van der Waals surface area contributed by atoms with Crippen molar-refractivity contribution in [1.82, 2.24) is 9.55 Å². The highest BCUT2D eigenvalue weighted by molar-refractivity contribution is 6.84. The summed E-state index contributed by atoms with van der Waals surface area (Å²) in [4.78, 5) is 17.8. The van der Waals surface area contributed by atoms with Gasteiger partial charge >= 0.3 is 22.8 Å². The Labute approximate surface area is 269 Å². The zero-order chi connectivity index (χ0) is 33.3. The van der Waals surface area contributed by atoms with Crippen LogP contribution in [0.25, 0.3) is 0 Å². The normalized spacial score (nSPS) is 25.4. The van der Waals surface area contributed by atoms with Crippen molar-refractivity contribution in [2.45, 2.75) is 122 Å². The Morgan fingerprint density at radius 2 is 1.58 bits per heavy atom. The first-order valence-corrected chi connectivity index (χ1v) is 20.0. The lowest BCUT2D eigenvalue weighted by Crippen LogP contribution is -2.66. The lowest BCUT2D eigenvalue weighted by Gasteiger charge is -2.51. The van der Waals surface area contributed by atoms with Crippen molar-refractivity contribution in [2.75, 3.05) is 19.8 Å². The molecule has 2 aliphatic rings. The number of ether oxygens (including phenoxy) is 3. The zero-order valence-electron chi connectivity index (χ0n) is 28.4. The monoisotopic (exact) mass is 664 g/mol. The third-order valence-corrected chi connectivity index (χ3v) is 19.3. The molecule has 0 radical (unpaired) electrons. The highest BCUT2D eigenvalue weighted by Crippen LogP contribution is 2.48. The molecule has 1 aromatic heterocycles. The maximum absolute atomic E-state index is 13.6. The molecule has 2 aromatic rings. The van der Waals surface area contributed by atoms with Gasteiger partial charge in [0, 0.05) is 12.3 Å². The Bertz CT molecular complexity index is 1320. The van der Waals surface area contributed by atoms with Crippen LogP contribution in [0.15, 0.2) is 35.3 Å². The largest absolute Gasteiger partial charge is 0.438 e. The fourth-order valence-corrected chi connectivity index (χ4v) is 17.7. The minimum atomic E-state index is -3.04. The molecule has 2 aliphatic heterocycles. The molecule has 0 amide bonds. The van der Waals surface area contributed by atoms with E-state index in [2.05, 4.69) is 60.4 Å². The average molecular weight is 665 g/mol. The molecule has 2 N–H and O–H groups in total. The van der Waals surface area contributed by atoms with Gasteiger partial charge in [0.2, 0.25) is 5.88 Å². The summed E-state index contributed by atoms with van der Waals surface area (Å²) in [7, 11) is -5.86. The van der Waals surface area contributed by atoms with Crippen LogP contribution in [0, 0.1) is 13.8 Å². The summed E-state index contributed by atoms with van der Waals surface area (Å²) in [5.41, 5.74) is 1.71. The second-order valence-corrected chi connectivity index (χ2v) is 22.4. The van der Waals surface area contributed by atoms with Gasteiger partial charge in [0.1, 0.15) is 30.2 Å². The summed E-state index contributed by atoms with van der Waals surface area (Å²) in [6, 6.07) is 7.43. The number of fused-ring (bicyclic) bond motifs is 1. The Hall–Kier alpha value is -1.95. The predicted molar refractivity (Wildman–Crippen MR) is 175 cm³/mol. The van der Waals surface area contributed by atoms with Crippen LogP contribution in [-0.4, -0.2) is 81.1 Å². The number of aryl methyl sites for hydroxylation is 2. The van der Waals surface area contributed by atoms with Gasteiger partial charge in [-0.1, -0.05) is 73.6 Å². The quantitative estimate of drug-likeness (QED) is 0.308. The number of benzene rings is 1. The van der Waals surface area contributed by atoms with Crippen molar-refractivity contribution in [3.05, 3.63) is 52.1 Å². The molecule has 1 unspecified atom stereocenters. The van der Waals surface area contributed by atoms with Gasteiger partial charge in [-0.3, -0.25) is 4.57 Å². The summed E-state index contributed by atoms with van der Waals surface area (Å²) in [5.74, 6) is 0.809. The summed E-state index contributed by atoms with van der Waals surface area (Å²) < 4.78 is 41.6. The third-order valence-electron chi connectivity index (χ3n) is 9.00. The van der Waals surface area contributed by atoms with Gasteiger partial charge in [0.25, 0.3) is 0 Å². The molecule has 2 saturated heterocycles. The standard InChI is InChI=1S/C32H52N2O9Si2/c1-19(2)44(20(3)4)39-18-26-29(42-45(43-44,21(5)6)22(7)8)30(38-17-25(36)16-35)31(40-26)34-15-14-27(33-32(34)37)41-28-23(9)12-11-13-24(28)10/h11-15,19-22,25-26,29-31,35-36H,16-18H2,1-10H3/t25?,26-,29-,30-,31-/m1/s1. The van der Waals surface area contributed by atoms with E-state index in [-0.39, 0.29) is 41.3 Å². The van der Waals surface area contributed by atoms with Crippen molar-refractivity contribution in [3.8, 4) is 11.6 Å². The van der Waals surface area contributed by atoms with Crippen LogP contribution in [-0.2, 0) is 22.4 Å². The summed E-state index contributed by atoms with van der Waals surface area (Å²) >= 11 is 0. The van der Waals surface area contributed by atoms with E-state index < -0.39 is 60.1 Å². The van der Waals surface area contributed by atoms with E-state index in [1.165, 1.54) is 4.57 Å². The topological polar surface area (TPSA) is 131 Å². The van der Waals surface area contributed by atoms with Crippen LogP contribution in [0.2, 0.25) is 22.2 Å². The Balaban J connectivity index is 1.76. The molecule has 3 heterocycles. The van der Waals surface area contributed by atoms with Crippen molar-refractivity contribution in [2.24, 2.45) is 0 Å². The van der Waals surface area contributed by atoms with Crippen LogP contribution in [0.1, 0.15) is 72.7 Å². The number of nitrogens with zero attached hydrogens (tertiary/aromatic N) is 2. The molecule has 0 bridgehead atoms. The van der Waals surface area contributed by atoms with E-state index >= 15 is 0 Å². The fraction of sp³-hybridized carbons (Fsp3) is 0.688. The second kappa shape index (κ2) is 14.4. The minimum Gasteiger partial charge on any atom is -0.438 e. The SMILES string of the molecule is Cc1cccc(C)c1Oc1ccn([C@@H]2O[C@@H]3CO[Si](C(C)C)(C(C)C)O[Si](C(C)C)(C(C)C)O[C@H]3[C@H]2OCC(O)CO)c(=O)n1. The lowest BCUT2D eigenvalue weighted by molar-refractivity contribution is -0.0964. The number of hydrogen-bond donors (Lipinski definition) is 2. The van der Waals surface area contributed by atoms with Gasteiger partial charge < -0.3 is 37.4 Å². The molecular weight excluding hydrogens is 613 g/mol. The van der Waals surface area contributed by atoms with Gasteiger partial charge in [-0.2, -0.15) is 4.98 Å². The first-order valence-electron chi connectivity index (χ1n) is 16.1. The van der Waals surface area contributed by atoms with Gasteiger partial charge in [0.05, 0.1) is 19.8 Å². The van der Waals surface area contributed by atoms with E-state index in [9.17, 15) is 15.0 Å². The lowest BCUT2D eigenvalue weighted by atomic mass is 10.1. The van der Waals surface area contributed by atoms with E-state index in [0.717, 1.165) is 11.1 Å². The van der Waals surface area contributed by atoms with Crippen molar-refractivity contribution >= 4 is 17.1 Å². The Morgan fingerprint density at radius 3 is 2.11 bits per heavy atom. The molecule has 2 fully saturated rings. The van der Waals surface area contributed by atoms with Crippen LogP contribution < -0.4 is 10.4 Å². The smallest absolute Gasteiger partial charge is 0.353 e. The van der Waals surface area contributed by atoms with Crippen molar-refractivity contribution in [1.29, 1.82) is 0 Å². The van der Waals surface area contributed by atoms with Gasteiger partial charge in [-0.05, 0) is 47.1 Å². The fourth-order valence-electron chi connectivity index (χ4n) is 6.51. The molecule has 0 spiro atoms. The molecule has 5 atom stereocenters. The molecule has 1 aromatic carbocycles. The zero-order valence-corrected chi connectivity index (χ0v) is 30.4. The van der Waals surface area contributed by atoms with Gasteiger partial charge in [-0.15, -0.1) is 0 Å². The molecule has 252 valence electrons. The number of aliphatic hydroxyl groups is 2. The van der Waals surface area contributed by atoms with Crippen LogP contribution >= 0.6 is 0 Å². The van der Waals surface area contributed by atoms with E-state index in [1.54, 1.807) is 12.3 Å². The Kier molecular flexibility index (Phi) is 11.5. The molecule has 13 heteroatoms. The summed E-state index contributed by atoms with van der Waals surface area (Å²) in [6.07, 6.45) is -2.56. The van der Waals surface area contributed by atoms with Crippen LogP contribution in [0.4, 0.5) is 0 Å². The molecule has 0 saturated carbocycles. The van der Waals surface area contributed by atoms with Crippen molar-refractivity contribution in [3.63, 3.8) is 0 Å². The predicted octanol–water partition coefficient (Wildman–Crippen LogP) is 5.24. The number of aromatic nitrogens is 2. The molecule has 45 heavy (non-hydrogen) atoms. The summed E-state index contributed by atoms with van der Waals surface area (Å²) in [6.45, 7) is 20.5. The Morgan fingerprint density at radius 1 is 0.978 bits per heavy atom. The molecule has 11 nitrogen and oxygen atoms in total. The maximum atomic E-state index is 13.6. The molecule has 4 rings (SSSR count). The molecule has 0 aliphatic carbocycles. The number of para-hydroxylation sites is 1. The van der Waals surface area contributed by atoms with Gasteiger partial charge in [0.15, 0.2) is 6.23 Å². The van der Waals surface area contributed by atoms with Gasteiger partial charge in [-0.25, -0.2) is 4.79 Å². The average Bonchev–Trinajstić information content (AvgIpc) is 3.28.